The van der Waals surface area contributed by atoms with E-state index >= 15 is 0 Å². The Balaban J connectivity index is 1.60. The Morgan fingerprint density at radius 1 is 1.14 bits per heavy atom. The summed E-state index contributed by atoms with van der Waals surface area (Å²) in [5.41, 5.74) is 1.85. The molecule has 1 fully saturated rings. The van der Waals surface area contributed by atoms with Crippen molar-refractivity contribution >= 4 is 29.5 Å². The van der Waals surface area contributed by atoms with E-state index in [1.54, 1.807) is 55.3 Å². The molecule has 2 atom stereocenters. The average molecular weight is 529 g/mol. The first-order chi connectivity index (χ1) is 17.7. The lowest BCUT2D eigenvalue weighted by Gasteiger charge is -2.42. The van der Waals surface area contributed by atoms with Gasteiger partial charge in [-0.05, 0) is 43.7 Å². The first-order valence-electron chi connectivity index (χ1n) is 12.2. The number of nitrogens with one attached hydrogen (secondary N) is 1. The molecule has 2 aliphatic heterocycles. The number of carbonyl (C=O) groups is 3. The summed E-state index contributed by atoms with van der Waals surface area (Å²) in [6.45, 7) is 5.68. The Labute approximate surface area is 220 Å². The van der Waals surface area contributed by atoms with E-state index < -0.39 is 17.8 Å². The zero-order valence-electron chi connectivity index (χ0n) is 21.0. The van der Waals surface area contributed by atoms with Gasteiger partial charge in [0.1, 0.15) is 5.82 Å². The number of rotatable bonds is 6. The highest BCUT2D eigenvalue weighted by atomic mass is 35.5. The molecule has 37 heavy (non-hydrogen) atoms. The second kappa shape index (κ2) is 11.3. The predicted octanol–water partition coefficient (Wildman–Crippen LogP) is 3.84. The number of likely N-dealkylation sites (N-methyl/N-ethyl adjacent to an activating group) is 1. The molecule has 3 amide bonds. The minimum atomic E-state index is -0.779. The van der Waals surface area contributed by atoms with Gasteiger partial charge in [-0.2, -0.15) is 0 Å². The van der Waals surface area contributed by atoms with Crippen LogP contribution in [0.4, 0.5) is 9.18 Å². The average Bonchev–Trinajstić information content (AvgIpc) is 2.87. The Bertz CT molecular complexity index is 1220. The topological polar surface area (TPSA) is 82.2 Å². The van der Waals surface area contributed by atoms with Crippen molar-refractivity contribution in [1.82, 2.24) is 20.0 Å². The van der Waals surface area contributed by atoms with Crippen LogP contribution in [0.1, 0.15) is 35.8 Å². The number of amides is 3. The molecular formula is C27H30ClFN4O4. The molecular weight excluding hydrogens is 499 g/mol. The number of ether oxygens (including phenoxy) is 1. The van der Waals surface area contributed by atoms with Crippen LogP contribution in [0.25, 0.3) is 0 Å². The maximum Gasteiger partial charge on any atom is 0.338 e. The van der Waals surface area contributed by atoms with E-state index in [9.17, 15) is 18.8 Å². The van der Waals surface area contributed by atoms with Gasteiger partial charge < -0.3 is 15.0 Å². The number of carbonyl (C=O) groups excluding carboxylic acids is 3. The van der Waals surface area contributed by atoms with Crippen molar-refractivity contribution in [2.75, 3.05) is 39.8 Å². The van der Waals surface area contributed by atoms with E-state index in [0.29, 0.717) is 53.6 Å². The van der Waals surface area contributed by atoms with Gasteiger partial charge in [-0.25, -0.2) is 14.0 Å². The molecule has 0 aliphatic carbocycles. The lowest BCUT2D eigenvalue weighted by molar-refractivity contribution is -0.139. The minimum Gasteiger partial charge on any atom is -0.463 e. The Morgan fingerprint density at radius 2 is 1.84 bits per heavy atom. The molecule has 1 N–H and O–H groups in total. The lowest BCUT2D eigenvalue weighted by Crippen LogP contribution is -2.56. The largest absolute Gasteiger partial charge is 0.463 e. The van der Waals surface area contributed by atoms with Crippen LogP contribution in [0.15, 0.2) is 59.8 Å². The highest BCUT2D eigenvalue weighted by molar-refractivity contribution is 6.33. The molecule has 0 radical (unpaired) electrons. The summed E-state index contributed by atoms with van der Waals surface area (Å²) in [4.78, 5) is 44.5. The fourth-order valence-electron chi connectivity index (χ4n) is 4.78. The van der Waals surface area contributed by atoms with E-state index in [-0.39, 0.29) is 24.6 Å². The fraction of sp³-hybridized carbons (Fsp3) is 0.370. The quantitative estimate of drug-likeness (QED) is 0.576. The van der Waals surface area contributed by atoms with Crippen LogP contribution in [-0.4, -0.2) is 78.5 Å². The van der Waals surface area contributed by atoms with Gasteiger partial charge in [0.05, 0.1) is 28.8 Å². The number of urea groups is 1. The molecule has 196 valence electrons. The molecule has 0 unspecified atom stereocenters. The Kier molecular flexibility index (Phi) is 8.14. The predicted molar refractivity (Wildman–Crippen MR) is 137 cm³/mol. The summed E-state index contributed by atoms with van der Waals surface area (Å²) in [6, 6.07) is 11.4. The highest BCUT2D eigenvalue weighted by Gasteiger charge is 2.38. The van der Waals surface area contributed by atoms with Gasteiger partial charge in [0.2, 0.25) is 0 Å². The normalized spacial score (nSPS) is 20.6. The van der Waals surface area contributed by atoms with E-state index in [1.165, 1.54) is 17.0 Å². The van der Waals surface area contributed by atoms with Gasteiger partial charge >= 0.3 is 12.0 Å². The third kappa shape index (κ3) is 5.62. The molecule has 0 spiro atoms. The van der Waals surface area contributed by atoms with Crippen molar-refractivity contribution in [1.29, 1.82) is 0 Å². The molecule has 0 aromatic heterocycles. The molecule has 2 aliphatic rings. The maximum absolute atomic E-state index is 13.6. The summed E-state index contributed by atoms with van der Waals surface area (Å²) in [7, 11) is 1.60. The SMILES string of the molecule is CCOC(=O)C1=C(CN2CCN(C(=O)c3ccccc3Cl)[C@H](C)C2)N(C)C(=O)N[C@H]1c1ccc(F)cc1. The molecule has 1 saturated heterocycles. The maximum atomic E-state index is 13.6. The third-order valence-electron chi connectivity index (χ3n) is 6.73. The van der Waals surface area contributed by atoms with Crippen molar-refractivity contribution in [2.45, 2.75) is 25.9 Å². The molecule has 2 aromatic rings. The molecule has 2 heterocycles. The minimum absolute atomic E-state index is 0.125. The highest BCUT2D eigenvalue weighted by Crippen LogP contribution is 2.32. The smallest absolute Gasteiger partial charge is 0.338 e. The molecule has 2 aromatic carbocycles. The van der Waals surface area contributed by atoms with Gasteiger partial charge in [-0.3, -0.25) is 14.6 Å². The van der Waals surface area contributed by atoms with Crippen molar-refractivity contribution in [3.8, 4) is 0 Å². The lowest BCUT2D eigenvalue weighted by atomic mass is 9.94. The molecule has 0 saturated carbocycles. The van der Waals surface area contributed by atoms with E-state index in [2.05, 4.69) is 10.2 Å². The van der Waals surface area contributed by atoms with E-state index in [4.69, 9.17) is 16.3 Å². The first-order valence-corrected chi connectivity index (χ1v) is 12.6. The number of hydrogen-bond acceptors (Lipinski definition) is 5. The zero-order chi connectivity index (χ0) is 26.7. The standard InChI is InChI=1S/C27H30ClFN4O4/c1-4-37-26(35)23-22(31(3)27(36)30-24(23)18-9-11-19(29)12-10-18)16-32-13-14-33(17(2)15-32)25(34)20-7-5-6-8-21(20)28/h5-12,17,24H,4,13-16H2,1-3H3,(H,30,36)/t17-,24+/m1/s1. The monoisotopic (exact) mass is 528 g/mol. The van der Waals surface area contributed by atoms with E-state index in [0.717, 1.165) is 0 Å². The summed E-state index contributed by atoms with van der Waals surface area (Å²) < 4.78 is 18.9. The Morgan fingerprint density at radius 3 is 2.49 bits per heavy atom. The fourth-order valence-corrected chi connectivity index (χ4v) is 5.00. The van der Waals surface area contributed by atoms with E-state index in [1.807, 2.05) is 6.92 Å². The Hall–Kier alpha value is -3.43. The number of hydrogen-bond donors (Lipinski definition) is 1. The van der Waals surface area contributed by atoms with Gasteiger partial charge in [0.25, 0.3) is 5.91 Å². The van der Waals surface area contributed by atoms with Gasteiger partial charge in [-0.1, -0.05) is 35.9 Å². The summed E-state index contributed by atoms with van der Waals surface area (Å²) in [5, 5.41) is 3.24. The van der Waals surface area contributed by atoms with Gasteiger partial charge in [0, 0.05) is 45.0 Å². The van der Waals surface area contributed by atoms with Gasteiger partial charge in [0.15, 0.2) is 0 Å². The van der Waals surface area contributed by atoms with Crippen LogP contribution in [0.3, 0.4) is 0 Å². The van der Waals surface area contributed by atoms with Crippen LogP contribution in [0.2, 0.25) is 5.02 Å². The third-order valence-corrected chi connectivity index (χ3v) is 7.06. The molecule has 10 heteroatoms. The van der Waals surface area contributed by atoms with Crippen molar-refractivity contribution in [2.24, 2.45) is 0 Å². The number of nitrogens with zero attached hydrogens (tertiary/aromatic N) is 3. The first kappa shape index (κ1) is 26.6. The second-order valence-corrected chi connectivity index (χ2v) is 9.54. The summed E-state index contributed by atoms with van der Waals surface area (Å²) in [5.74, 6) is -1.09. The zero-order valence-corrected chi connectivity index (χ0v) is 21.8. The second-order valence-electron chi connectivity index (χ2n) is 9.14. The number of halogens is 2. The number of esters is 1. The van der Waals surface area contributed by atoms with Crippen molar-refractivity contribution in [3.63, 3.8) is 0 Å². The summed E-state index contributed by atoms with van der Waals surface area (Å²) >= 11 is 6.25. The molecule has 4 rings (SSSR count). The van der Waals surface area contributed by atoms with Crippen LogP contribution in [0, 0.1) is 5.82 Å². The summed E-state index contributed by atoms with van der Waals surface area (Å²) in [6.07, 6.45) is 0. The van der Waals surface area contributed by atoms with Crippen LogP contribution in [-0.2, 0) is 9.53 Å². The van der Waals surface area contributed by atoms with Crippen LogP contribution >= 0.6 is 11.6 Å². The number of benzene rings is 2. The van der Waals surface area contributed by atoms with Crippen molar-refractivity contribution < 1.29 is 23.5 Å². The van der Waals surface area contributed by atoms with Crippen LogP contribution in [0.5, 0.6) is 0 Å². The molecule has 0 bridgehead atoms. The van der Waals surface area contributed by atoms with Gasteiger partial charge in [-0.15, -0.1) is 0 Å². The van der Waals surface area contributed by atoms with Crippen LogP contribution < -0.4 is 5.32 Å². The number of piperazine rings is 1. The van der Waals surface area contributed by atoms with Crippen molar-refractivity contribution in [3.05, 3.63) is 81.8 Å². The molecule has 8 nitrogen and oxygen atoms in total.